The van der Waals surface area contributed by atoms with Crippen LogP contribution in [0.5, 0.6) is 0 Å². The molecule has 2 heterocycles. The molecule has 162 valence electrons. The van der Waals surface area contributed by atoms with Gasteiger partial charge in [-0.3, -0.25) is 4.90 Å². The molecule has 1 aromatic heterocycles. The van der Waals surface area contributed by atoms with Crippen LogP contribution in [-0.2, 0) is 23.0 Å². The third-order valence-corrected chi connectivity index (χ3v) is 6.67. The highest BCUT2D eigenvalue weighted by Crippen LogP contribution is 2.36. The lowest BCUT2D eigenvalue weighted by Gasteiger charge is -2.45. The largest absolute Gasteiger partial charge is 0.479 e. The van der Waals surface area contributed by atoms with Crippen molar-refractivity contribution in [2.24, 2.45) is 7.05 Å². The number of benzene rings is 1. The third kappa shape index (κ3) is 4.68. The van der Waals surface area contributed by atoms with E-state index in [1.54, 1.807) is 7.05 Å². The predicted octanol–water partition coefficient (Wildman–Crippen LogP) is 3.64. The molecule has 2 aliphatic rings. The average Bonchev–Trinajstić information content (AvgIpc) is 3.08. The van der Waals surface area contributed by atoms with Crippen LogP contribution in [0.2, 0.25) is 5.02 Å². The van der Waals surface area contributed by atoms with E-state index in [2.05, 4.69) is 10.00 Å². The summed E-state index contributed by atoms with van der Waals surface area (Å²) in [6.45, 7) is 0.784. The topological polar surface area (TPSA) is 67.6 Å². The van der Waals surface area contributed by atoms with E-state index in [1.165, 1.54) is 10.7 Å². The molecule has 1 aliphatic carbocycles. The molecule has 30 heavy (non-hydrogen) atoms. The Morgan fingerprint density at radius 1 is 1.27 bits per heavy atom. The molecule has 2 atom stereocenters. The Bertz CT molecular complexity index is 861. The number of aromatic nitrogens is 2. The zero-order chi connectivity index (χ0) is 21.3. The Labute approximate surface area is 180 Å². The van der Waals surface area contributed by atoms with Crippen molar-refractivity contribution in [1.82, 2.24) is 14.7 Å². The summed E-state index contributed by atoms with van der Waals surface area (Å²) in [5.41, 5.74) is 1.97. The van der Waals surface area contributed by atoms with Gasteiger partial charge in [0.25, 0.3) is 0 Å². The number of carboxylic acid groups (broad SMARTS) is 1. The van der Waals surface area contributed by atoms with E-state index in [4.69, 9.17) is 16.3 Å². The van der Waals surface area contributed by atoms with Gasteiger partial charge in [-0.1, -0.05) is 23.7 Å². The predicted molar refractivity (Wildman–Crippen MR) is 111 cm³/mol. The van der Waals surface area contributed by atoms with Gasteiger partial charge in [0.15, 0.2) is 6.10 Å². The highest BCUT2D eigenvalue weighted by atomic mass is 35.5. The number of hydrogen-bond donors (Lipinski definition) is 1. The standard InChI is InChI=1S/C22H27ClFN3O3/c1-26-21(24)11-19(25-26)15-4-8-17(9-5-15)27-12-20(22(28)29)30-13-18(27)10-14-2-6-16(23)7-3-14/h2-3,6-7,11,15,17-18,20H,4-5,8-10,12-13H2,1H3,(H,28,29)/t15?,17?,18-,20+/m0/s1. The van der Waals surface area contributed by atoms with Gasteiger partial charge in [-0.25, -0.2) is 9.48 Å². The van der Waals surface area contributed by atoms with Crippen molar-refractivity contribution < 1.29 is 19.0 Å². The van der Waals surface area contributed by atoms with Gasteiger partial charge in [0.2, 0.25) is 5.95 Å². The van der Waals surface area contributed by atoms with Gasteiger partial charge in [-0.15, -0.1) is 0 Å². The molecule has 1 aromatic carbocycles. The van der Waals surface area contributed by atoms with Crippen molar-refractivity contribution in [3.8, 4) is 0 Å². The Morgan fingerprint density at radius 3 is 2.57 bits per heavy atom. The van der Waals surface area contributed by atoms with E-state index in [0.717, 1.165) is 43.4 Å². The number of nitrogens with zero attached hydrogens (tertiary/aromatic N) is 3. The van der Waals surface area contributed by atoms with Crippen molar-refractivity contribution in [2.45, 2.75) is 56.2 Å². The van der Waals surface area contributed by atoms with E-state index in [-0.39, 0.29) is 23.9 Å². The summed E-state index contributed by atoms with van der Waals surface area (Å²) in [5.74, 6) is -0.974. The number of rotatable bonds is 5. The SMILES string of the molecule is Cn1nc(C2CCC(N3C[C@H](C(=O)O)OC[C@@H]3Cc3ccc(Cl)cc3)CC2)cc1F. The molecule has 0 spiro atoms. The lowest BCUT2D eigenvalue weighted by molar-refractivity contribution is -0.162. The van der Waals surface area contributed by atoms with Gasteiger partial charge in [-0.05, 0) is 49.8 Å². The fraction of sp³-hybridized carbons (Fsp3) is 0.545. The molecule has 1 aliphatic heterocycles. The van der Waals surface area contributed by atoms with Crippen LogP contribution in [0, 0.1) is 5.95 Å². The quantitative estimate of drug-likeness (QED) is 0.776. The first-order chi connectivity index (χ1) is 14.4. The van der Waals surface area contributed by atoms with Crippen LogP contribution in [0.3, 0.4) is 0 Å². The van der Waals surface area contributed by atoms with E-state index in [1.807, 2.05) is 24.3 Å². The van der Waals surface area contributed by atoms with E-state index in [9.17, 15) is 14.3 Å². The fourth-order valence-corrected chi connectivity index (χ4v) is 4.88. The maximum absolute atomic E-state index is 13.7. The van der Waals surface area contributed by atoms with Gasteiger partial charge < -0.3 is 9.84 Å². The average molecular weight is 436 g/mol. The van der Waals surface area contributed by atoms with Gasteiger partial charge in [0, 0.05) is 42.7 Å². The third-order valence-electron chi connectivity index (χ3n) is 6.42. The second-order valence-electron chi connectivity index (χ2n) is 8.36. The molecule has 6 nitrogen and oxygen atoms in total. The number of aliphatic carboxylic acids is 1. The van der Waals surface area contributed by atoms with E-state index >= 15 is 0 Å². The van der Waals surface area contributed by atoms with Crippen LogP contribution in [0.1, 0.15) is 42.9 Å². The molecular formula is C22H27ClFN3O3. The molecule has 2 aromatic rings. The Kier molecular flexibility index (Phi) is 6.41. The molecule has 0 unspecified atom stereocenters. The van der Waals surface area contributed by atoms with Crippen LogP contribution < -0.4 is 0 Å². The Morgan fingerprint density at radius 2 is 1.97 bits per heavy atom. The van der Waals surface area contributed by atoms with Crippen LogP contribution in [0.4, 0.5) is 4.39 Å². The maximum atomic E-state index is 13.7. The first kappa shape index (κ1) is 21.3. The zero-order valence-corrected chi connectivity index (χ0v) is 17.8. The number of carboxylic acids is 1. The first-order valence-electron chi connectivity index (χ1n) is 10.4. The number of morpholine rings is 1. The van der Waals surface area contributed by atoms with Gasteiger partial charge in [0.05, 0.1) is 12.3 Å². The fourth-order valence-electron chi connectivity index (χ4n) is 4.75. The van der Waals surface area contributed by atoms with E-state index in [0.29, 0.717) is 18.2 Å². The number of carbonyl (C=O) groups is 1. The summed E-state index contributed by atoms with van der Waals surface area (Å²) < 4.78 is 20.6. The van der Waals surface area contributed by atoms with Gasteiger partial charge >= 0.3 is 5.97 Å². The van der Waals surface area contributed by atoms with E-state index < -0.39 is 12.1 Å². The minimum Gasteiger partial charge on any atom is -0.479 e. The summed E-state index contributed by atoms with van der Waals surface area (Å²) in [5, 5.41) is 14.5. The zero-order valence-electron chi connectivity index (χ0n) is 17.0. The Balaban J connectivity index is 1.45. The second-order valence-corrected chi connectivity index (χ2v) is 8.80. The van der Waals surface area contributed by atoms with Crippen LogP contribution >= 0.6 is 11.6 Å². The van der Waals surface area contributed by atoms with Crippen molar-refractivity contribution in [1.29, 1.82) is 0 Å². The minimum absolute atomic E-state index is 0.121. The van der Waals surface area contributed by atoms with Crippen molar-refractivity contribution >= 4 is 17.6 Å². The molecule has 1 N–H and O–H groups in total. The molecule has 4 rings (SSSR count). The lowest BCUT2D eigenvalue weighted by Crippen LogP contribution is -2.57. The molecule has 0 radical (unpaired) electrons. The smallest absolute Gasteiger partial charge is 0.334 e. The van der Waals surface area contributed by atoms with Gasteiger partial charge in [0.1, 0.15) is 0 Å². The highest BCUT2D eigenvalue weighted by molar-refractivity contribution is 6.30. The monoisotopic (exact) mass is 435 g/mol. The lowest BCUT2D eigenvalue weighted by atomic mass is 9.82. The van der Waals surface area contributed by atoms with Crippen molar-refractivity contribution in [3.05, 3.63) is 52.6 Å². The maximum Gasteiger partial charge on any atom is 0.334 e. The molecular weight excluding hydrogens is 409 g/mol. The normalized spacial score (nSPS) is 27.8. The molecule has 1 saturated heterocycles. The van der Waals surface area contributed by atoms with Crippen molar-refractivity contribution in [3.63, 3.8) is 0 Å². The summed E-state index contributed by atoms with van der Waals surface area (Å²) in [6, 6.07) is 9.72. The number of hydrogen-bond acceptors (Lipinski definition) is 4. The number of ether oxygens (including phenoxy) is 1. The summed E-state index contributed by atoms with van der Waals surface area (Å²) in [7, 11) is 1.62. The summed E-state index contributed by atoms with van der Waals surface area (Å²) >= 11 is 6.00. The van der Waals surface area contributed by atoms with Crippen LogP contribution in [-0.4, -0.2) is 57.1 Å². The second kappa shape index (κ2) is 9.04. The van der Waals surface area contributed by atoms with Gasteiger partial charge in [-0.2, -0.15) is 9.49 Å². The first-order valence-corrected chi connectivity index (χ1v) is 10.8. The Hall–Kier alpha value is -1.96. The summed E-state index contributed by atoms with van der Waals surface area (Å²) in [6.07, 6.45) is 3.70. The number of halogens is 2. The molecule has 0 amide bonds. The van der Waals surface area contributed by atoms with Crippen molar-refractivity contribution in [2.75, 3.05) is 13.2 Å². The molecule has 0 bridgehead atoms. The van der Waals surface area contributed by atoms with Crippen LogP contribution in [0.15, 0.2) is 30.3 Å². The molecule has 1 saturated carbocycles. The highest BCUT2D eigenvalue weighted by Gasteiger charge is 2.38. The van der Waals surface area contributed by atoms with Crippen LogP contribution in [0.25, 0.3) is 0 Å². The number of aryl methyl sites for hydroxylation is 1. The minimum atomic E-state index is -0.914. The molecule has 2 fully saturated rings. The molecule has 8 heteroatoms. The summed E-state index contributed by atoms with van der Waals surface area (Å²) in [4.78, 5) is 13.9.